The monoisotopic (exact) mass is 203 g/mol. The van der Waals surface area contributed by atoms with Gasteiger partial charge in [0.05, 0.1) is 16.0 Å². The van der Waals surface area contributed by atoms with Crippen LogP contribution in [-0.4, -0.2) is 17.0 Å². The van der Waals surface area contributed by atoms with Crippen LogP contribution in [0.15, 0.2) is 30.5 Å². The number of benzene rings is 1. The van der Waals surface area contributed by atoms with Crippen LogP contribution in [0.4, 0.5) is 11.4 Å². The van der Waals surface area contributed by atoms with Crippen molar-refractivity contribution >= 4 is 22.3 Å². The van der Waals surface area contributed by atoms with Gasteiger partial charge in [0.15, 0.2) is 0 Å². The fourth-order valence-corrected chi connectivity index (χ4v) is 1.52. The number of fused-ring (bicyclic) bond motifs is 1. The minimum Gasteiger partial charge on any atom is -0.386 e. The van der Waals surface area contributed by atoms with Crippen molar-refractivity contribution in [3.05, 3.63) is 40.6 Å². The molecule has 5 heteroatoms. The van der Waals surface area contributed by atoms with Gasteiger partial charge in [-0.05, 0) is 18.2 Å². The molecule has 0 unspecified atom stereocenters. The number of anilines is 1. The average Bonchev–Trinajstić information content (AvgIpc) is 2.27. The lowest BCUT2D eigenvalue weighted by Gasteiger charge is -2.04. The quantitative estimate of drug-likeness (QED) is 0.600. The van der Waals surface area contributed by atoms with Gasteiger partial charge in [-0.3, -0.25) is 15.1 Å². The molecule has 0 aliphatic rings. The Labute approximate surface area is 85.9 Å². The van der Waals surface area contributed by atoms with E-state index in [1.54, 1.807) is 31.4 Å². The summed E-state index contributed by atoms with van der Waals surface area (Å²) < 4.78 is 0. The highest BCUT2D eigenvalue weighted by Gasteiger charge is 2.13. The molecule has 0 aliphatic heterocycles. The number of rotatable bonds is 2. The normalized spacial score (nSPS) is 10.2. The Morgan fingerprint density at radius 1 is 1.40 bits per heavy atom. The molecule has 1 N–H and O–H groups in total. The number of nitro benzene ring substituents is 1. The summed E-state index contributed by atoms with van der Waals surface area (Å²) in [6, 6.07) is 6.53. The second-order valence-electron chi connectivity index (χ2n) is 3.04. The zero-order valence-electron chi connectivity index (χ0n) is 8.10. The Kier molecular flexibility index (Phi) is 2.21. The second kappa shape index (κ2) is 3.53. The molecular formula is C10H9N3O2. The maximum atomic E-state index is 10.8. The lowest BCUT2D eigenvalue weighted by molar-refractivity contribution is -0.383. The number of pyridine rings is 1. The molecule has 0 bridgehead atoms. The predicted molar refractivity (Wildman–Crippen MR) is 57.9 cm³/mol. The summed E-state index contributed by atoms with van der Waals surface area (Å²) in [6.45, 7) is 0. The third-order valence-corrected chi connectivity index (χ3v) is 2.21. The van der Waals surface area contributed by atoms with E-state index in [9.17, 15) is 10.1 Å². The summed E-state index contributed by atoms with van der Waals surface area (Å²) in [6.07, 6.45) is 1.62. The fourth-order valence-electron chi connectivity index (χ4n) is 1.52. The molecule has 0 amide bonds. The number of non-ortho nitro benzene ring substituents is 1. The zero-order valence-corrected chi connectivity index (χ0v) is 8.10. The number of nitro groups is 1. The highest BCUT2D eigenvalue weighted by molar-refractivity contribution is 5.96. The second-order valence-corrected chi connectivity index (χ2v) is 3.04. The molecule has 0 radical (unpaired) electrons. The smallest absolute Gasteiger partial charge is 0.278 e. The van der Waals surface area contributed by atoms with Crippen LogP contribution in [0.2, 0.25) is 0 Å². The highest BCUT2D eigenvalue weighted by atomic mass is 16.6. The summed E-state index contributed by atoms with van der Waals surface area (Å²) in [5.41, 5.74) is 1.49. The molecular weight excluding hydrogens is 194 g/mol. The number of nitrogens with zero attached hydrogens (tertiary/aromatic N) is 2. The highest BCUT2D eigenvalue weighted by Crippen LogP contribution is 2.29. The lowest BCUT2D eigenvalue weighted by Crippen LogP contribution is -1.95. The van der Waals surface area contributed by atoms with Gasteiger partial charge in [0, 0.05) is 19.3 Å². The Balaban J connectivity index is 2.83. The molecule has 0 fully saturated rings. The molecule has 0 aliphatic carbocycles. The largest absolute Gasteiger partial charge is 0.386 e. The molecule has 0 saturated carbocycles. The van der Waals surface area contributed by atoms with E-state index in [4.69, 9.17) is 0 Å². The van der Waals surface area contributed by atoms with E-state index < -0.39 is 4.92 Å². The fraction of sp³-hybridized carbons (Fsp3) is 0.100. The van der Waals surface area contributed by atoms with Crippen LogP contribution in [0.3, 0.4) is 0 Å². The average molecular weight is 203 g/mol. The van der Waals surface area contributed by atoms with E-state index in [2.05, 4.69) is 10.3 Å². The topological polar surface area (TPSA) is 68.1 Å². The van der Waals surface area contributed by atoms with Crippen molar-refractivity contribution in [3.63, 3.8) is 0 Å². The van der Waals surface area contributed by atoms with E-state index in [1.165, 1.54) is 6.07 Å². The van der Waals surface area contributed by atoms with Gasteiger partial charge in [-0.1, -0.05) is 0 Å². The number of hydrogen-bond acceptors (Lipinski definition) is 4. The van der Waals surface area contributed by atoms with Crippen molar-refractivity contribution in [1.29, 1.82) is 0 Å². The Morgan fingerprint density at radius 3 is 2.87 bits per heavy atom. The molecule has 5 nitrogen and oxygen atoms in total. The van der Waals surface area contributed by atoms with Crippen molar-refractivity contribution in [2.75, 3.05) is 12.4 Å². The summed E-state index contributed by atoms with van der Waals surface area (Å²) in [7, 11) is 1.76. The van der Waals surface area contributed by atoms with Crippen LogP contribution in [0, 0.1) is 10.1 Å². The SMILES string of the molecule is CNc1ccc([N+](=O)[O-])c2cccnc12. The van der Waals surface area contributed by atoms with Crippen molar-refractivity contribution in [3.8, 4) is 0 Å². The van der Waals surface area contributed by atoms with Crippen LogP contribution < -0.4 is 5.32 Å². The maximum absolute atomic E-state index is 10.8. The van der Waals surface area contributed by atoms with Crippen LogP contribution in [0.5, 0.6) is 0 Å². The van der Waals surface area contributed by atoms with Gasteiger partial charge in [-0.2, -0.15) is 0 Å². The summed E-state index contributed by atoms with van der Waals surface area (Å²) in [5, 5.41) is 14.3. The summed E-state index contributed by atoms with van der Waals surface area (Å²) >= 11 is 0. The number of nitrogens with one attached hydrogen (secondary N) is 1. The lowest BCUT2D eigenvalue weighted by atomic mass is 10.1. The molecule has 0 atom stereocenters. The van der Waals surface area contributed by atoms with Gasteiger partial charge < -0.3 is 5.32 Å². The third-order valence-electron chi connectivity index (χ3n) is 2.21. The molecule has 0 spiro atoms. The first-order chi connectivity index (χ1) is 7.24. The minimum atomic E-state index is -0.399. The van der Waals surface area contributed by atoms with Crippen molar-refractivity contribution < 1.29 is 4.92 Å². The van der Waals surface area contributed by atoms with Crippen LogP contribution in [0.1, 0.15) is 0 Å². The van der Waals surface area contributed by atoms with Crippen LogP contribution >= 0.6 is 0 Å². The Morgan fingerprint density at radius 2 is 2.20 bits per heavy atom. The Bertz CT molecular complexity index is 525. The Hall–Kier alpha value is -2.17. The molecule has 2 aromatic rings. The predicted octanol–water partition coefficient (Wildman–Crippen LogP) is 2.18. The molecule has 1 heterocycles. The summed E-state index contributed by atoms with van der Waals surface area (Å²) in [5.74, 6) is 0. The molecule has 1 aromatic carbocycles. The van der Waals surface area contributed by atoms with E-state index >= 15 is 0 Å². The first-order valence-corrected chi connectivity index (χ1v) is 4.44. The van der Waals surface area contributed by atoms with Gasteiger partial charge in [0.25, 0.3) is 5.69 Å². The molecule has 2 rings (SSSR count). The van der Waals surface area contributed by atoms with Crippen molar-refractivity contribution in [2.24, 2.45) is 0 Å². The van der Waals surface area contributed by atoms with E-state index in [0.29, 0.717) is 10.9 Å². The van der Waals surface area contributed by atoms with Crippen LogP contribution in [0.25, 0.3) is 10.9 Å². The van der Waals surface area contributed by atoms with E-state index in [0.717, 1.165) is 5.69 Å². The van der Waals surface area contributed by atoms with Gasteiger partial charge in [0.2, 0.25) is 0 Å². The first kappa shape index (κ1) is 9.39. The molecule has 76 valence electrons. The molecule has 1 aromatic heterocycles. The van der Waals surface area contributed by atoms with E-state index in [-0.39, 0.29) is 5.69 Å². The zero-order chi connectivity index (χ0) is 10.8. The first-order valence-electron chi connectivity index (χ1n) is 4.44. The molecule has 0 saturated heterocycles. The van der Waals surface area contributed by atoms with Crippen LogP contribution in [-0.2, 0) is 0 Å². The number of aromatic nitrogens is 1. The van der Waals surface area contributed by atoms with Gasteiger partial charge in [0.1, 0.15) is 5.52 Å². The van der Waals surface area contributed by atoms with Gasteiger partial charge in [-0.25, -0.2) is 0 Å². The van der Waals surface area contributed by atoms with Crippen molar-refractivity contribution in [2.45, 2.75) is 0 Å². The number of hydrogen-bond donors (Lipinski definition) is 1. The standard InChI is InChI=1S/C10H9N3O2/c1-11-8-4-5-9(13(14)15)7-3-2-6-12-10(7)8/h2-6,11H,1H3. The van der Waals surface area contributed by atoms with Gasteiger partial charge >= 0.3 is 0 Å². The molecule has 15 heavy (non-hydrogen) atoms. The minimum absolute atomic E-state index is 0.0806. The summed E-state index contributed by atoms with van der Waals surface area (Å²) in [4.78, 5) is 14.5. The van der Waals surface area contributed by atoms with Crippen molar-refractivity contribution in [1.82, 2.24) is 4.98 Å². The van der Waals surface area contributed by atoms with E-state index in [1.807, 2.05) is 0 Å². The van der Waals surface area contributed by atoms with Gasteiger partial charge in [-0.15, -0.1) is 0 Å². The maximum Gasteiger partial charge on any atom is 0.278 e. The third kappa shape index (κ3) is 1.48.